The molecule has 0 saturated heterocycles. The van der Waals surface area contributed by atoms with Gasteiger partial charge in [-0.05, 0) is 6.92 Å². The molecule has 0 fully saturated rings. The Kier molecular flexibility index (Phi) is 3.66. The molecule has 0 atom stereocenters. The van der Waals surface area contributed by atoms with E-state index in [1.165, 1.54) is 0 Å². The van der Waals surface area contributed by atoms with Crippen molar-refractivity contribution in [1.29, 1.82) is 0 Å². The number of ether oxygens (including phenoxy) is 1. The van der Waals surface area contributed by atoms with Gasteiger partial charge in [0.25, 0.3) is 0 Å². The van der Waals surface area contributed by atoms with Crippen molar-refractivity contribution in [3.8, 4) is 0 Å². The summed E-state index contributed by atoms with van der Waals surface area (Å²) in [5.41, 5.74) is 6.26. The molecular formula is C5H8NO2. The molecule has 3 nitrogen and oxygen atoms in total. The molecule has 45 valence electrons. The second-order valence-electron chi connectivity index (χ2n) is 1.17. The molecule has 0 saturated carbocycles. The minimum atomic E-state index is -0.983. The predicted octanol–water partition coefficient (Wildman–Crippen LogP) is 0.982. The first-order valence-corrected chi connectivity index (χ1v) is 2.27. The van der Waals surface area contributed by atoms with Gasteiger partial charge in [-0.15, -0.1) is 0 Å². The second kappa shape index (κ2) is 4.18. The van der Waals surface area contributed by atoms with Crippen molar-refractivity contribution in [2.45, 2.75) is 6.92 Å². The molecule has 0 aliphatic rings. The molecule has 0 spiro atoms. The zero-order valence-corrected chi connectivity index (χ0v) is 4.68. The summed E-state index contributed by atoms with van der Waals surface area (Å²) in [5, 5.41) is 0. The van der Waals surface area contributed by atoms with Crippen LogP contribution in [-0.4, -0.2) is 12.7 Å². The molecule has 1 N–H and O–H groups in total. The largest absolute Gasteiger partial charge is 0.444 e. The van der Waals surface area contributed by atoms with Crippen LogP contribution in [0, 0.1) is 0 Å². The fourth-order valence-corrected chi connectivity index (χ4v) is 0.220. The Morgan fingerprint density at radius 1 is 1.88 bits per heavy atom. The zero-order valence-electron chi connectivity index (χ0n) is 4.68. The second-order valence-corrected chi connectivity index (χ2v) is 1.17. The van der Waals surface area contributed by atoms with Crippen molar-refractivity contribution in [3.05, 3.63) is 12.2 Å². The molecule has 8 heavy (non-hydrogen) atoms. The lowest BCUT2D eigenvalue weighted by atomic mass is 10.6. The monoisotopic (exact) mass is 114 g/mol. The smallest absolute Gasteiger partial charge is 0.426 e. The Morgan fingerprint density at radius 2 is 2.50 bits per heavy atom. The van der Waals surface area contributed by atoms with Crippen LogP contribution in [0.1, 0.15) is 6.92 Å². The van der Waals surface area contributed by atoms with E-state index in [2.05, 4.69) is 4.74 Å². The summed E-state index contributed by atoms with van der Waals surface area (Å²) in [7, 11) is 0. The number of hydrogen-bond acceptors (Lipinski definition) is 2. The summed E-state index contributed by atoms with van der Waals surface area (Å²) in [6.07, 6.45) is 2.43. The van der Waals surface area contributed by atoms with Gasteiger partial charge >= 0.3 is 6.09 Å². The first-order valence-electron chi connectivity index (χ1n) is 2.27. The number of allylic oxidation sites excluding steroid dienone is 1. The third-order valence-electron chi connectivity index (χ3n) is 0.546. The average molecular weight is 114 g/mol. The molecule has 0 heterocycles. The van der Waals surface area contributed by atoms with Gasteiger partial charge in [-0.3, -0.25) is 0 Å². The lowest BCUT2D eigenvalue weighted by Crippen LogP contribution is -2.00. The molecule has 0 aromatic carbocycles. The molecule has 1 amide bonds. The molecular weight excluding hydrogens is 106 g/mol. The lowest BCUT2D eigenvalue weighted by molar-refractivity contribution is 0.167. The highest BCUT2D eigenvalue weighted by molar-refractivity contribution is 5.63. The Hall–Kier alpha value is -0.990. The predicted molar refractivity (Wildman–Crippen MR) is 29.3 cm³/mol. The molecule has 0 aromatic rings. The van der Waals surface area contributed by atoms with Gasteiger partial charge in [0.15, 0.2) is 0 Å². The fraction of sp³-hybridized carbons (Fsp3) is 0.400. The normalized spacial score (nSPS) is 9.62. The van der Waals surface area contributed by atoms with E-state index in [4.69, 9.17) is 5.73 Å². The quantitative estimate of drug-likeness (QED) is 0.502. The maximum Gasteiger partial charge on any atom is 0.426 e. The summed E-state index contributed by atoms with van der Waals surface area (Å²) >= 11 is 0. The Labute approximate surface area is 48.1 Å². The van der Waals surface area contributed by atoms with Gasteiger partial charge in [0.1, 0.15) is 6.61 Å². The van der Waals surface area contributed by atoms with Gasteiger partial charge < -0.3 is 4.74 Å². The van der Waals surface area contributed by atoms with Crippen LogP contribution in [0.25, 0.3) is 0 Å². The SMILES string of the molecule is CC=CCOC([NH])=O. The molecule has 0 unspecified atom stereocenters. The number of carbonyl (C=O) groups is 1. The van der Waals surface area contributed by atoms with Crippen LogP contribution in [-0.2, 0) is 4.74 Å². The third kappa shape index (κ3) is 5.01. The van der Waals surface area contributed by atoms with E-state index in [9.17, 15) is 4.79 Å². The molecule has 1 radical (unpaired) electrons. The minimum absolute atomic E-state index is 0.207. The van der Waals surface area contributed by atoms with Crippen LogP contribution in [0.5, 0.6) is 0 Å². The maximum absolute atomic E-state index is 9.73. The van der Waals surface area contributed by atoms with Crippen LogP contribution >= 0.6 is 0 Å². The summed E-state index contributed by atoms with van der Waals surface area (Å²) < 4.78 is 4.22. The highest BCUT2D eigenvalue weighted by Crippen LogP contribution is 1.75. The van der Waals surface area contributed by atoms with Crippen molar-refractivity contribution in [1.82, 2.24) is 5.73 Å². The topological polar surface area (TPSA) is 50.1 Å². The number of hydrogen-bond donors (Lipinski definition) is 0. The summed E-state index contributed by atoms with van der Waals surface area (Å²) in [4.78, 5) is 9.73. The van der Waals surface area contributed by atoms with Crippen molar-refractivity contribution in [2.24, 2.45) is 0 Å². The van der Waals surface area contributed by atoms with E-state index < -0.39 is 6.09 Å². The zero-order chi connectivity index (χ0) is 6.41. The summed E-state index contributed by atoms with van der Waals surface area (Å²) in [5.74, 6) is 0. The number of rotatable bonds is 2. The van der Waals surface area contributed by atoms with Crippen LogP contribution in [0.15, 0.2) is 12.2 Å². The van der Waals surface area contributed by atoms with Gasteiger partial charge in [-0.1, -0.05) is 12.2 Å². The van der Waals surface area contributed by atoms with Gasteiger partial charge in [0.05, 0.1) is 0 Å². The van der Waals surface area contributed by atoms with Crippen LogP contribution in [0.4, 0.5) is 4.79 Å². The van der Waals surface area contributed by atoms with E-state index in [1.54, 1.807) is 12.2 Å². The van der Waals surface area contributed by atoms with Crippen molar-refractivity contribution < 1.29 is 9.53 Å². The van der Waals surface area contributed by atoms with Gasteiger partial charge in [-0.25, -0.2) is 10.5 Å². The summed E-state index contributed by atoms with van der Waals surface area (Å²) in [6, 6.07) is 0. The van der Waals surface area contributed by atoms with E-state index in [1.807, 2.05) is 6.92 Å². The maximum atomic E-state index is 9.73. The fourth-order valence-electron chi connectivity index (χ4n) is 0.220. The van der Waals surface area contributed by atoms with Crippen molar-refractivity contribution in [2.75, 3.05) is 6.61 Å². The van der Waals surface area contributed by atoms with E-state index >= 15 is 0 Å². The molecule has 0 aliphatic heterocycles. The third-order valence-corrected chi connectivity index (χ3v) is 0.546. The van der Waals surface area contributed by atoms with Crippen LogP contribution < -0.4 is 5.73 Å². The first kappa shape index (κ1) is 7.01. The lowest BCUT2D eigenvalue weighted by Gasteiger charge is -1.90. The standard InChI is InChI=1S/C5H8NO2/c1-2-3-4-8-5(6)7/h2-3,6H,4H2,1H3. The number of amides is 1. The number of carbonyl (C=O) groups excluding carboxylic acids is 1. The minimum Gasteiger partial charge on any atom is -0.444 e. The van der Waals surface area contributed by atoms with E-state index in [-0.39, 0.29) is 6.61 Å². The summed E-state index contributed by atoms with van der Waals surface area (Å²) in [6.45, 7) is 2.02. The molecule has 0 rings (SSSR count). The highest BCUT2D eigenvalue weighted by Gasteiger charge is 1.86. The van der Waals surface area contributed by atoms with E-state index in [0.29, 0.717) is 0 Å². The molecule has 0 aliphatic carbocycles. The van der Waals surface area contributed by atoms with Crippen molar-refractivity contribution >= 4 is 6.09 Å². The number of nitrogens with one attached hydrogen (secondary N) is 1. The van der Waals surface area contributed by atoms with Gasteiger partial charge in [-0.2, -0.15) is 0 Å². The molecule has 3 heteroatoms. The molecule has 0 aromatic heterocycles. The average Bonchev–Trinajstić information content (AvgIpc) is 1.66. The van der Waals surface area contributed by atoms with E-state index in [0.717, 1.165) is 0 Å². The Morgan fingerprint density at radius 3 is 2.88 bits per heavy atom. The first-order chi connectivity index (χ1) is 3.77. The van der Waals surface area contributed by atoms with Gasteiger partial charge in [0.2, 0.25) is 0 Å². The Balaban J connectivity index is 3.05. The van der Waals surface area contributed by atoms with Crippen LogP contribution in [0.3, 0.4) is 0 Å². The van der Waals surface area contributed by atoms with Crippen LogP contribution in [0.2, 0.25) is 0 Å². The van der Waals surface area contributed by atoms with Gasteiger partial charge in [0, 0.05) is 0 Å². The molecule has 0 bridgehead atoms. The highest BCUT2D eigenvalue weighted by atomic mass is 16.5. The Bertz CT molecular complexity index is 98.6. The van der Waals surface area contributed by atoms with Crippen molar-refractivity contribution in [3.63, 3.8) is 0 Å².